The molecule has 2 heterocycles. The van der Waals surface area contributed by atoms with Crippen molar-refractivity contribution < 1.29 is 9.59 Å². The Hall–Kier alpha value is -3.52. The molecule has 0 saturated heterocycles. The number of hydrogen-bond donors (Lipinski definition) is 2. The highest BCUT2D eigenvalue weighted by molar-refractivity contribution is 6.01. The minimum absolute atomic E-state index is 0.0109. The smallest absolute Gasteiger partial charge is 0.250 e. The predicted molar refractivity (Wildman–Crippen MR) is 139 cm³/mol. The van der Waals surface area contributed by atoms with Gasteiger partial charge < -0.3 is 20.4 Å². The molecule has 8 nitrogen and oxygen atoms in total. The van der Waals surface area contributed by atoms with E-state index in [0.717, 1.165) is 29.1 Å². The Morgan fingerprint density at radius 2 is 2.03 bits per heavy atom. The van der Waals surface area contributed by atoms with Crippen molar-refractivity contribution in [3.05, 3.63) is 59.8 Å². The van der Waals surface area contributed by atoms with Gasteiger partial charge in [-0.1, -0.05) is 50.3 Å². The van der Waals surface area contributed by atoms with E-state index >= 15 is 0 Å². The number of nitrogens with zero attached hydrogens (tertiary/aromatic N) is 4. The summed E-state index contributed by atoms with van der Waals surface area (Å²) in [4.78, 5) is 38.3. The van der Waals surface area contributed by atoms with Crippen molar-refractivity contribution in [1.29, 1.82) is 0 Å². The van der Waals surface area contributed by atoms with Crippen LogP contribution in [-0.4, -0.2) is 67.0 Å². The first kappa shape index (κ1) is 24.6. The SMILES string of the molecule is CN(C)CC(C)(C)CNC(=O)C1=CCC(Nc2ncc3c(n2)-c2ccccc2N(C)C(=O)C3)C=C1. The molecule has 0 fully saturated rings. The van der Waals surface area contributed by atoms with Crippen molar-refractivity contribution >= 4 is 23.5 Å². The van der Waals surface area contributed by atoms with E-state index in [1.54, 1.807) is 18.1 Å². The lowest BCUT2D eigenvalue weighted by Gasteiger charge is -2.28. The number of amides is 2. The van der Waals surface area contributed by atoms with Gasteiger partial charge in [-0.2, -0.15) is 0 Å². The molecule has 2 N–H and O–H groups in total. The summed E-state index contributed by atoms with van der Waals surface area (Å²) < 4.78 is 0. The molecule has 0 radical (unpaired) electrons. The third-order valence-corrected chi connectivity index (χ3v) is 6.25. The van der Waals surface area contributed by atoms with Gasteiger partial charge in [0.15, 0.2) is 0 Å². The summed E-state index contributed by atoms with van der Waals surface area (Å²) in [5.74, 6) is 0.451. The van der Waals surface area contributed by atoms with Crippen molar-refractivity contribution in [1.82, 2.24) is 20.2 Å². The van der Waals surface area contributed by atoms with Crippen molar-refractivity contribution in [2.75, 3.05) is 44.4 Å². The van der Waals surface area contributed by atoms with Crippen LogP contribution >= 0.6 is 0 Å². The quantitative estimate of drug-likeness (QED) is 0.641. The van der Waals surface area contributed by atoms with Gasteiger partial charge in [-0.05, 0) is 32.0 Å². The Labute approximate surface area is 207 Å². The largest absolute Gasteiger partial charge is 0.351 e. The molecule has 1 aliphatic carbocycles. The Bertz CT molecular complexity index is 1180. The third-order valence-electron chi connectivity index (χ3n) is 6.25. The van der Waals surface area contributed by atoms with Gasteiger partial charge in [0.1, 0.15) is 0 Å². The summed E-state index contributed by atoms with van der Waals surface area (Å²) in [5, 5.41) is 6.41. The average Bonchev–Trinajstić information content (AvgIpc) is 2.92. The Kier molecular flexibility index (Phi) is 7.03. The fraction of sp³-hybridized carbons (Fsp3) is 0.407. The zero-order chi connectivity index (χ0) is 25.2. The van der Waals surface area contributed by atoms with E-state index < -0.39 is 0 Å². The molecule has 8 heteroatoms. The van der Waals surface area contributed by atoms with E-state index in [9.17, 15) is 9.59 Å². The molecule has 184 valence electrons. The molecule has 1 aromatic carbocycles. The third kappa shape index (κ3) is 5.77. The van der Waals surface area contributed by atoms with Crippen LogP contribution in [0.25, 0.3) is 11.3 Å². The van der Waals surface area contributed by atoms with Gasteiger partial charge in [0.25, 0.3) is 5.91 Å². The standard InChI is InChI=1S/C27H34N6O2/c1-27(2,17-32(3)4)16-29-25(35)18-10-12-20(13-11-18)30-26-28-15-19-14-23(34)33(5)22-9-7-6-8-21(22)24(19)31-26/h6-12,15,20H,13-14,16-17H2,1-5H3,(H,29,35)(H,28,30,31). The van der Waals surface area contributed by atoms with E-state index in [1.165, 1.54) is 0 Å². The molecule has 0 spiro atoms. The van der Waals surface area contributed by atoms with E-state index in [4.69, 9.17) is 4.98 Å². The number of hydrogen-bond acceptors (Lipinski definition) is 6. The molecule has 2 amide bonds. The topological polar surface area (TPSA) is 90.5 Å². The van der Waals surface area contributed by atoms with Crippen molar-refractivity contribution in [2.45, 2.75) is 32.7 Å². The Morgan fingerprint density at radius 3 is 2.74 bits per heavy atom. The van der Waals surface area contributed by atoms with Gasteiger partial charge in [0, 0.05) is 43.0 Å². The fourth-order valence-corrected chi connectivity index (χ4v) is 4.62. The highest BCUT2D eigenvalue weighted by Gasteiger charge is 2.25. The second-order valence-corrected chi connectivity index (χ2v) is 10.3. The van der Waals surface area contributed by atoms with Crippen LogP contribution < -0.4 is 15.5 Å². The Balaban J connectivity index is 1.42. The van der Waals surface area contributed by atoms with Gasteiger partial charge >= 0.3 is 0 Å². The zero-order valence-corrected chi connectivity index (χ0v) is 21.1. The second-order valence-electron chi connectivity index (χ2n) is 10.3. The molecule has 1 aliphatic heterocycles. The van der Waals surface area contributed by atoms with Gasteiger partial charge in [-0.15, -0.1) is 0 Å². The highest BCUT2D eigenvalue weighted by atomic mass is 16.2. The molecular weight excluding hydrogens is 440 g/mol. The van der Waals surface area contributed by atoms with Crippen LogP contribution in [0.4, 0.5) is 11.6 Å². The molecule has 2 aromatic rings. The molecule has 2 aliphatic rings. The normalized spacial score (nSPS) is 17.4. The van der Waals surface area contributed by atoms with Gasteiger partial charge in [0.2, 0.25) is 11.9 Å². The number of likely N-dealkylation sites (N-methyl/N-ethyl adjacent to an activating group) is 1. The van der Waals surface area contributed by atoms with E-state index in [-0.39, 0.29) is 29.7 Å². The molecule has 0 bridgehead atoms. The van der Waals surface area contributed by atoms with Gasteiger partial charge in [-0.25, -0.2) is 9.97 Å². The monoisotopic (exact) mass is 474 g/mol. The van der Waals surface area contributed by atoms with Crippen LogP contribution in [-0.2, 0) is 16.0 Å². The number of para-hydroxylation sites is 1. The molecule has 1 atom stereocenters. The van der Waals surface area contributed by atoms with E-state index in [0.29, 0.717) is 24.5 Å². The number of anilines is 2. The van der Waals surface area contributed by atoms with Crippen molar-refractivity contribution in [2.24, 2.45) is 5.41 Å². The molecule has 1 aromatic heterocycles. The maximum Gasteiger partial charge on any atom is 0.250 e. The van der Waals surface area contributed by atoms with Crippen LogP contribution in [0.2, 0.25) is 0 Å². The first-order valence-electron chi connectivity index (χ1n) is 11.9. The Morgan fingerprint density at radius 1 is 1.26 bits per heavy atom. The van der Waals surface area contributed by atoms with Crippen LogP contribution in [0.3, 0.4) is 0 Å². The van der Waals surface area contributed by atoms with Crippen molar-refractivity contribution in [3.63, 3.8) is 0 Å². The highest BCUT2D eigenvalue weighted by Crippen LogP contribution is 2.35. The van der Waals surface area contributed by atoms with Crippen LogP contribution in [0.15, 0.2) is 54.3 Å². The fourth-order valence-electron chi connectivity index (χ4n) is 4.62. The van der Waals surface area contributed by atoms with E-state index in [1.807, 2.05) is 56.6 Å². The number of nitrogens with one attached hydrogen (secondary N) is 2. The minimum Gasteiger partial charge on any atom is -0.351 e. The average molecular weight is 475 g/mol. The van der Waals surface area contributed by atoms with Crippen LogP contribution in [0, 0.1) is 5.41 Å². The first-order valence-corrected chi connectivity index (χ1v) is 11.9. The second kappa shape index (κ2) is 10.00. The number of rotatable bonds is 7. The molecule has 4 rings (SSSR count). The number of carbonyl (C=O) groups is 2. The lowest BCUT2D eigenvalue weighted by molar-refractivity contribution is -0.118. The number of benzene rings is 1. The van der Waals surface area contributed by atoms with Crippen LogP contribution in [0.1, 0.15) is 25.8 Å². The molecule has 0 saturated carbocycles. The lowest BCUT2D eigenvalue weighted by Crippen LogP contribution is -2.40. The summed E-state index contributed by atoms with van der Waals surface area (Å²) in [5.41, 5.74) is 3.99. The summed E-state index contributed by atoms with van der Waals surface area (Å²) in [6, 6.07) is 7.75. The van der Waals surface area contributed by atoms with Crippen LogP contribution in [0.5, 0.6) is 0 Å². The molecule has 1 unspecified atom stereocenters. The first-order chi connectivity index (χ1) is 16.6. The molecule has 35 heavy (non-hydrogen) atoms. The summed E-state index contributed by atoms with van der Waals surface area (Å²) >= 11 is 0. The zero-order valence-electron chi connectivity index (χ0n) is 21.1. The lowest BCUT2D eigenvalue weighted by atomic mass is 9.92. The maximum atomic E-state index is 12.6. The number of aromatic nitrogens is 2. The van der Waals surface area contributed by atoms with E-state index in [2.05, 4.69) is 34.4 Å². The summed E-state index contributed by atoms with van der Waals surface area (Å²) in [7, 11) is 5.86. The maximum absolute atomic E-state index is 12.6. The predicted octanol–water partition coefficient (Wildman–Crippen LogP) is 3.03. The van der Waals surface area contributed by atoms with Gasteiger partial charge in [-0.3, -0.25) is 9.59 Å². The summed E-state index contributed by atoms with van der Waals surface area (Å²) in [6.45, 7) is 5.79. The van der Waals surface area contributed by atoms with Gasteiger partial charge in [0.05, 0.1) is 23.8 Å². The number of fused-ring (bicyclic) bond motifs is 3. The van der Waals surface area contributed by atoms with Crippen molar-refractivity contribution in [3.8, 4) is 11.3 Å². The minimum atomic E-state index is -0.0572. The summed E-state index contributed by atoms with van der Waals surface area (Å²) in [6.07, 6.45) is 8.41. The number of carbonyl (C=O) groups excluding carboxylic acids is 2. The molecular formula is C27H34N6O2.